The van der Waals surface area contributed by atoms with E-state index in [1.54, 1.807) is 43.5 Å². The Labute approximate surface area is 151 Å². The van der Waals surface area contributed by atoms with Crippen LogP contribution < -0.4 is 5.32 Å². The van der Waals surface area contributed by atoms with Gasteiger partial charge in [-0.2, -0.15) is 4.98 Å². The Morgan fingerprint density at radius 1 is 1.42 bits per heavy atom. The number of hydrogen-bond donors (Lipinski definition) is 1. The molecule has 9 heteroatoms. The Hall–Kier alpha value is -3.23. The lowest BCUT2D eigenvalue weighted by Crippen LogP contribution is -2.40. The van der Waals surface area contributed by atoms with E-state index in [1.165, 1.54) is 0 Å². The molecule has 1 N–H and O–H groups in total. The van der Waals surface area contributed by atoms with E-state index in [0.29, 0.717) is 24.8 Å². The number of nitrogens with one attached hydrogen (secondary N) is 1. The number of amides is 2. The summed E-state index contributed by atoms with van der Waals surface area (Å²) in [6.07, 6.45) is 6.97. The van der Waals surface area contributed by atoms with Crippen molar-refractivity contribution in [1.82, 2.24) is 34.9 Å². The van der Waals surface area contributed by atoms with Crippen LogP contribution in [0.25, 0.3) is 11.4 Å². The molecule has 0 bridgehead atoms. The van der Waals surface area contributed by atoms with Gasteiger partial charge in [0.2, 0.25) is 11.7 Å². The van der Waals surface area contributed by atoms with Gasteiger partial charge < -0.3 is 19.3 Å². The van der Waals surface area contributed by atoms with Crippen LogP contribution in [0.2, 0.25) is 0 Å². The number of imidazole rings is 1. The van der Waals surface area contributed by atoms with Gasteiger partial charge in [-0.1, -0.05) is 5.16 Å². The van der Waals surface area contributed by atoms with Crippen molar-refractivity contribution in [3.63, 3.8) is 0 Å². The molecule has 9 nitrogen and oxygen atoms in total. The molecule has 0 spiro atoms. The first-order chi connectivity index (χ1) is 12.5. The summed E-state index contributed by atoms with van der Waals surface area (Å²) >= 11 is 0. The van der Waals surface area contributed by atoms with Crippen LogP contribution >= 0.6 is 0 Å². The summed E-state index contributed by atoms with van der Waals surface area (Å²) in [4.78, 5) is 26.5. The van der Waals surface area contributed by atoms with Crippen molar-refractivity contribution >= 4 is 6.03 Å². The van der Waals surface area contributed by atoms with Gasteiger partial charge in [0.25, 0.3) is 0 Å². The molecule has 136 valence electrons. The number of likely N-dealkylation sites (N-methyl/N-ethyl adjacent to an activating group) is 1. The second kappa shape index (κ2) is 7.77. The van der Waals surface area contributed by atoms with Crippen LogP contribution in [0.15, 0.2) is 41.4 Å². The number of pyridine rings is 1. The standard InChI is InChI=1S/C17H21N7O2/c1-12(16-21-15(22-26-16)14-5-4-6-18-11-14)20-17(25)23(3)9-10-24-8-7-19-13(24)2/h4-8,11-12H,9-10H2,1-3H3,(H,20,25). The quantitative estimate of drug-likeness (QED) is 0.726. The van der Waals surface area contributed by atoms with Crippen molar-refractivity contribution in [2.75, 3.05) is 13.6 Å². The molecule has 0 aromatic carbocycles. The minimum Gasteiger partial charge on any atom is -0.337 e. The SMILES string of the molecule is Cc1nccn1CCN(C)C(=O)NC(C)c1nc(-c2cccnc2)no1. The van der Waals surface area contributed by atoms with E-state index < -0.39 is 6.04 Å². The molecule has 3 aromatic rings. The number of carbonyl (C=O) groups is 1. The largest absolute Gasteiger partial charge is 0.337 e. The number of rotatable bonds is 6. The summed E-state index contributed by atoms with van der Waals surface area (Å²) in [6.45, 7) is 4.96. The molecule has 0 saturated carbocycles. The van der Waals surface area contributed by atoms with Crippen LogP contribution in [0.3, 0.4) is 0 Å². The van der Waals surface area contributed by atoms with Crippen LogP contribution in [-0.2, 0) is 6.54 Å². The van der Waals surface area contributed by atoms with E-state index >= 15 is 0 Å². The molecule has 0 aliphatic carbocycles. The van der Waals surface area contributed by atoms with Crippen LogP contribution in [0.5, 0.6) is 0 Å². The van der Waals surface area contributed by atoms with Crippen molar-refractivity contribution in [3.8, 4) is 11.4 Å². The molecule has 3 rings (SSSR count). The number of carbonyl (C=O) groups excluding carboxylic acids is 1. The van der Waals surface area contributed by atoms with E-state index in [4.69, 9.17) is 4.52 Å². The molecule has 0 aliphatic rings. The topological polar surface area (TPSA) is 102 Å². The molecule has 0 radical (unpaired) electrons. The second-order valence-electron chi connectivity index (χ2n) is 5.96. The summed E-state index contributed by atoms with van der Waals surface area (Å²) in [5.41, 5.74) is 0.758. The highest BCUT2D eigenvalue weighted by atomic mass is 16.5. The van der Waals surface area contributed by atoms with Crippen molar-refractivity contribution < 1.29 is 9.32 Å². The lowest BCUT2D eigenvalue weighted by atomic mass is 10.3. The van der Waals surface area contributed by atoms with Gasteiger partial charge in [0.1, 0.15) is 11.9 Å². The lowest BCUT2D eigenvalue weighted by Gasteiger charge is -2.20. The summed E-state index contributed by atoms with van der Waals surface area (Å²) in [6, 6.07) is 3.03. The Balaban J connectivity index is 1.55. The minimum atomic E-state index is -0.405. The van der Waals surface area contributed by atoms with Crippen molar-refractivity contribution in [2.45, 2.75) is 26.4 Å². The van der Waals surface area contributed by atoms with E-state index in [2.05, 4.69) is 25.4 Å². The maximum Gasteiger partial charge on any atom is 0.317 e. The van der Waals surface area contributed by atoms with E-state index in [1.807, 2.05) is 23.8 Å². The van der Waals surface area contributed by atoms with Crippen molar-refractivity contribution in [3.05, 3.63) is 48.6 Å². The summed E-state index contributed by atoms with van der Waals surface area (Å²) < 4.78 is 7.25. The molecule has 0 aliphatic heterocycles. The monoisotopic (exact) mass is 355 g/mol. The number of nitrogens with zero attached hydrogens (tertiary/aromatic N) is 6. The zero-order valence-electron chi connectivity index (χ0n) is 15.0. The number of hydrogen-bond acceptors (Lipinski definition) is 6. The molecule has 1 atom stereocenters. The first-order valence-corrected chi connectivity index (χ1v) is 8.28. The minimum absolute atomic E-state index is 0.212. The third kappa shape index (κ3) is 4.05. The fourth-order valence-corrected chi connectivity index (χ4v) is 2.38. The highest BCUT2D eigenvalue weighted by Gasteiger charge is 2.19. The van der Waals surface area contributed by atoms with E-state index in [9.17, 15) is 4.79 Å². The molecule has 3 heterocycles. The lowest BCUT2D eigenvalue weighted by molar-refractivity contribution is 0.200. The van der Waals surface area contributed by atoms with Crippen LogP contribution in [0.4, 0.5) is 4.79 Å². The third-order valence-electron chi connectivity index (χ3n) is 4.02. The van der Waals surface area contributed by atoms with Crippen LogP contribution in [-0.4, -0.2) is 49.2 Å². The van der Waals surface area contributed by atoms with Crippen LogP contribution in [0.1, 0.15) is 24.7 Å². The molecule has 1 unspecified atom stereocenters. The average Bonchev–Trinajstić information content (AvgIpc) is 3.29. The summed E-state index contributed by atoms with van der Waals surface area (Å²) in [7, 11) is 1.74. The Morgan fingerprint density at radius 2 is 2.27 bits per heavy atom. The maximum atomic E-state index is 12.3. The normalized spacial score (nSPS) is 12.0. The van der Waals surface area contributed by atoms with E-state index in [-0.39, 0.29) is 6.03 Å². The Morgan fingerprint density at radius 3 is 2.96 bits per heavy atom. The van der Waals surface area contributed by atoms with Gasteiger partial charge in [-0.25, -0.2) is 9.78 Å². The number of aryl methyl sites for hydroxylation is 1. The molecule has 0 fully saturated rings. The van der Waals surface area contributed by atoms with Crippen molar-refractivity contribution in [2.24, 2.45) is 0 Å². The van der Waals surface area contributed by atoms with Crippen molar-refractivity contribution in [1.29, 1.82) is 0 Å². The number of urea groups is 1. The molecule has 3 aromatic heterocycles. The molecule has 2 amide bonds. The zero-order chi connectivity index (χ0) is 18.5. The zero-order valence-corrected chi connectivity index (χ0v) is 15.0. The third-order valence-corrected chi connectivity index (χ3v) is 4.02. The molecule has 26 heavy (non-hydrogen) atoms. The fraction of sp³-hybridized carbons (Fsp3) is 0.353. The summed E-state index contributed by atoms with van der Waals surface area (Å²) in [5.74, 6) is 1.70. The van der Waals surface area contributed by atoms with Crippen LogP contribution in [0, 0.1) is 6.92 Å². The molecular weight excluding hydrogens is 334 g/mol. The Bertz CT molecular complexity index is 859. The van der Waals surface area contributed by atoms with Gasteiger partial charge in [-0.15, -0.1) is 0 Å². The fourth-order valence-electron chi connectivity index (χ4n) is 2.38. The predicted molar refractivity (Wildman–Crippen MR) is 94.1 cm³/mol. The van der Waals surface area contributed by atoms with Gasteiger partial charge in [0, 0.05) is 50.5 Å². The highest BCUT2D eigenvalue weighted by Crippen LogP contribution is 2.17. The predicted octanol–water partition coefficient (Wildman–Crippen LogP) is 2.04. The van der Waals surface area contributed by atoms with Gasteiger partial charge in [-0.05, 0) is 26.0 Å². The van der Waals surface area contributed by atoms with E-state index in [0.717, 1.165) is 11.4 Å². The van der Waals surface area contributed by atoms with Gasteiger partial charge >= 0.3 is 6.03 Å². The smallest absolute Gasteiger partial charge is 0.317 e. The average molecular weight is 355 g/mol. The van der Waals surface area contributed by atoms with Gasteiger partial charge in [-0.3, -0.25) is 4.98 Å². The van der Waals surface area contributed by atoms with Gasteiger partial charge in [0.05, 0.1) is 0 Å². The highest BCUT2D eigenvalue weighted by molar-refractivity contribution is 5.74. The Kier molecular flexibility index (Phi) is 5.26. The second-order valence-corrected chi connectivity index (χ2v) is 5.96. The number of aromatic nitrogens is 5. The first kappa shape index (κ1) is 17.6. The van der Waals surface area contributed by atoms with Gasteiger partial charge in [0.15, 0.2) is 0 Å². The maximum absolute atomic E-state index is 12.3. The first-order valence-electron chi connectivity index (χ1n) is 8.28. The molecular formula is C17H21N7O2. The molecule has 0 saturated heterocycles. The summed E-state index contributed by atoms with van der Waals surface area (Å²) in [5, 5.41) is 6.79.